The summed E-state index contributed by atoms with van der Waals surface area (Å²) >= 11 is 0. The van der Waals surface area contributed by atoms with Crippen LogP contribution in [-0.2, 0) is 22.5 Å². The van der Waals surface area contributed by atoms with E-state index in [1.807, 2.05) is 6.07 Å². The molecule has 2 N–H and O–H groups in total. The van der Waals surface area contributed by atoms with Crippen molar-refractivity contribution in [3.8, 4) is 0 Å². The standard InChI is InChI=1S/C17H23FN2O2/c1-22-10-8-17(6-2-7-17)16(21)20-14-4-3-12-11-19-9-5-13(12)15(14)18/h3-4,19H,2,5-11H2,1H3,(H,20,21). The molecule has 0 saturated heterocycles. The van der Waals surface area contributed by atoms with E-state index in [1.54, 1.807) is 13.2 Å². The molecule has 1 fully saturated rings. The molecule has 0 atom stereocenters. The van der Waals surface area contributed by atoms with Gasteiger partial charge in [-0.2, -0.15) is 0 Å². The number of carbonyl (C=O) groups excluding carboxylic acids is 1. The molecule has 2 aliphatic rings. The van der Waals surface area contributed by atoms with Crippen LogP contribution in [0.15, 0.2) is 12.1 Å². The quantitative estimate of drug-likeness (QED) is 0.879. The number of hydrogen-bond acceptors (Lipinski definition) is 3. The number of benzene rings is 1. The average molecular weight is 306 g/mol. The molecule has 3 rings (SSSR count). The van der Waals surface area contributed by atoms with Crippen LogP contribution < -0.4 is 10.6 Å². The number of halogens is 1. The third-order valence-corrected chi connectivity index (χ3v) is 5.03. The molecule has 120 valence electrons. The number of fused-ring (bicyclic) bond motifs is 1. The first-order valence-electron chi connectivity index (χ1n) is 7.98. The van der Waals surface area contributed by atoms with Crippen LogP contribution in [0.2, 0.25) is 0 Å². The van der Waals surface area contributed by atoms with Gasteiger partial charge in [-0.3, -0.25) is 4.79 Å². The molecule has 1 saturated carbocycles. The van der Waals surface area contributed by atoms with Crippen LogP contribution in [0, 0.1) is 11.2 Å². The lowest BCUT2D eigenvalue weighted by Crippen LogP contribution is -2.43. The van der Waals surface area contributed by atoms with E-state index in [4.69, 9.17) is 4.74 Å². The lowest BCUT2D eigenvalue weighted by Gasteiger charge is -2.40. The highest BCUT2D eigenvalue weighted by atomic mass is 19.1. The molecule has 22 heavy (non-hydrogen) atoms. The van der Waals surface area contributed by atoms with Crippen LogP contribution in [0.3, 0.4) is 0 Å². The third kappa shape index (κ3) is 2.75. The van der Waals surface area contributed by atoms with E-state index in [9.17, 15) is 9.18 Å². The SMILES string of the molecule is COCCC1(C(=O)Nc2ccc3c(c2F)CCNC3)CCC1. The molecule has 4 nitrogen and oxygen atoms in total. The van der Waals surface area contributed by atoms with Crippen molar-refractivity contribution < 1.29 is 13.9 Å². The molecule has 0 unspecified atom stereocenters. The fourth-order valence-electron chi connectivity index (χ4n) is 3.38. The minimum atomic E-state index is -0.375. The van der Waals surface area contributed by atoms with Gasteiger partial charge in [0.25, 0.3) is 0 Å². The number of nitrogens with one attached hydrogen (secondary N) is 2. The Labute approximate surface area is 130 Å². The van der Waals surface area contributed by atoms with Crippen molar-refractivity contribution in [3.63, 3.8) is 0 Å². The van der Waals surface area contributed by atoms with Crippen molar-refractivity contribution in [2.75, 3.05) is 25.6 Å². The lowest BCUT2D eigenvalue weighted by molar-refractivity contribution is -0.131. The van der Waals surface area contributed by atoms with E-state index in [2.05, 4.69) is 10.6 Å². The van der Waals surface area contributed by atoms with E-state index in [0.29, 0.717) is 31.7 Å². The summed E-state index contributed by atoms with van der Waals surface area (Å²) in [5.41, 5.74) is 1.66. The van der Waals surface area contributed by atoms with Gasteiger partial charge in [-0.05, 0) is 49.4 Å². The summed E-state index contributed by atoms with van der Waals surface area (Å²) in [4.78, 5) is 12.6. The molecule has 0 radical (unpaired) electrons. The van der Waals surface area contributed by atoms with Gasteiger partial charge in [-0.15, -0.1) is 0 Å². The Hall–Kier alpha value is -1.46. The molecule has 0 spiro atoms. The van der Waals surface area contributed by atoms with E-state index < -0.39 is 0 Å². The Morgan fingerprint density at radius 2 is 2.27 bits per heavy atom. The Morgan fingerprint density at radius 3 is 2.95 bits per heavy atom. The third-order valence-electron chi connectivity index (χ3n) is 5.03. The van der Waals surface area contributed by atoms with Gasteiger partial charge < -0.3 is 15.4 Å². The highest BCUT2D eigenvalue weighted by molar-refractivity contribution is 5.96. The van der Waals surface area contributed by atoms with Gasteiger partial charge in [0.05, 0.1) is 11.1 Å². The number of amides is 1. The first-order chi connectivity index (χ1) is 10.7. The van der Waals surface area contributed by atoms with Crippen molar-refractivity contribution in [1.29, 1.82) is 0 Å². The Morgan fingerprint density at radius 1 is 1.45 bits per heavy atom. The van der Waals surface area contributed by atoms with Crippen LogP contribution in [0.5, 0.6) is 0 Å². The number of rotatable bonds is 5. The molecule has 0 aromatic heterocycles. The Balaban J connectivity index is 1.76. The molecule has 1 aromatic rings. The Kier molecular flexibility index (Phi) is 4.45. The number of ether oxygens (including phenoxy) is 1. The summed E-state index contributed by atoms with van der Waals surface area (Å²) < 4.78 is 19.7. The first kappa shape index (κ1) is 15.4. The van der Waals surface area contributed by atoms with Gasteiger partial charge in [-0.1, -0.05) is 12.5 Å². The van der Waals surface area contributed by atoms with Crippen LogP contribution in [-0.4, -0.2) is 26.2 Å². The second kappa shape index (κ2) is 6.34. The number of hydrogen-bond donors (Lipinski definition) is 2. The minimum Gasteiger partial charge on any atom is -0.385 e. The normalized spacial score (nSPS) is 19.2. The molecule has 5 heteroatoms. The first-order valence-corrected chi connectivity index (χ1v) is 7.98. The minimum absolute atomic E-state index is 0.0661. The van der Waals surface area contributed by atoms with Crippen LogP contribution in [0.4, 0.5) is 10.1 Å². The van der Waals surface area contributed by atoms with Crippen LogP contribution in [0.25, 0.3) is 0 Å². The van der Waals surface area contributed by atoms with Gasteiger partial charge in [-0.25, -0.2) is 4.39 Å². The maximum atomic E-state index is 14.6. The second-order valence-corrected chi connectivity index (χ2v) is 6.32. The predicted molar refractivity (Wildman–Crippen MR) is 83.2 cm³/mol. The fourth-order valence-corrected chi connectivity index (χ4v) is 3.38. The zero-order valence-electron chi connectivity index (χ0n) is 13.0. The summed E-state index contributed by atoms with van der Waals surface area (Å²) in [6, 6.07) is 3.59. The molecular formula is C17H23FN2O2. The van der Waals surface area contributed by atoms with Crippen molar-refractivity contribution in [2.45, 2.75) is 38.6 Å². The summed E-state index contributed by atoms with van der Waals surface area (Å²) in [5.74, 6) is -0.336. The van der Waals surface area contributed by atoms with Gasteiger partial charge in [0, 0.05) is 20.3 Å². The maximum Gasteiger partial charge on any atom is 0.230 e. The van der Waals surface area contributed by atoms with E-state index in [0.717, 1.165) is 36.9 Å². The summed E-state index contributed by atoms with van der Waals surface area (Å²) in [7, 11) is 1.64. The monoisotopic (exact) mass is 306 g/mol. The van der Waals surface area contributed by atoms with Gasteiger partial charge in [0.1, 0.15) is 5.82 Å². The Bertz CT molecular complexity index is 570. The zero-order valence-corrected chi connectivity index (χ0v) is 13.0. The van der Waals surface area contributed by atoms with Gasteiger partial charge >= 0.3 is 0 Å². The topological polar surface area (TPSA) is 50.4 Å². The highest BCUT2D eigenvalue weighted by Crippen LogP contribution is 2.45. The molecule has 1 amide bonds. The summed E-state index contributed by atoms with van der Waals surface area (Å²) in [6.07, 6.45) is 4.14. The van der Waals surface area contributed by atoms with Crippen molar-refractivity contribution in [1.82, 2.24) is 5.32 Å². The molecule has 1 aromatic carbocycles. The molecule has 0 bridgehead atoms. The van der Waals surface area contributed by atoms with Crippen molar-refractivity contribution >= 4 is 11.6 Å². The second-order valence-electron chi connectivity index (χ2n) is 6.32. The number of methoxy groups -OCH3 is 1. The van der Waals surface area contributed by atoms with Crippen LogP contribution >= 0.6 is 0 Å². The number of anilines is 1. The van der Waals surface area contributed by atoms with Gasteiger partial charge in [0.2, 0.25) is 5.91 Å². The van der Waals surface area contributed by atoms with E-state index in [-0.39, 0.29) is 17.1 Å². The summed E-state index contributed by atoms with van der Waals surface area (Å²) in [5, 5.41) is 6.05. The molecule has 1 aliphatic carbocycles. The number of carbonyl (C=O) groups is 1. The molecular weight excluding hydrogens is 283 g/mol. The van der Waals surface area contributed by atoms with Gasteiger partial charge in [0.15, 0.2) is 0 Å². The lowest BCUT2D eigenvalue weighted by atomic mass is 9.66. The fraction of sp³-hybridized carbons (Fsp3) is 0.588. The largest absolute Gasteiger partial charge is 0.385 e. The van der Waals surface area contributed by atoms with E-state index in [1.165, 1.54) is 0 Å². The maximum absolute atomic E-state index is 14.6. The molecule has 1 heterocycles. The molecule has 1 aliphatic heterocycles. The summed E-state index contributed by atoms with van der Waals surface area (Å²) in [6.45, 7) is 2.03. The average Bonchev–Trinajstić information content (AvgIpc) is 2.49. The van der Waals surface area contributed by atoms with E-state index >= 15 is 0 Å². The smallest absolute Gasteiger partial charge is 0.230 e. The van der Waals surface area contributed by atoms with Crippen molar-refractivity contribution in [3.05, 3.63) is 29.1 Å². The van der Waals surface area contributed by atoms with Crippen LogP contribution in [0.1, 0.15) is 36.8 Å². The highest BCUT2D eigenvalue weighted by Gasteiger charge is 2.43. The zero-order chi connectivity index (χ0) is 15.6. The predicted octanol–water partition coefficient (Wildman–Crippen LogP) is 2.62. The van der Waals surface area contributed by atoms with Crippen molar-refractivity contribution in [2.24, 2.45) is 5.41 Å².